The first-order chi connectivity index (χ1) is 13.4. The highest BCUT2D eigenvalue weighted by atomic mass is 19.2. The highest BCUT2D eigenvalue weighted by Crippen LogP contribution is 2.23. The van der Waals surface area contributed by atoms with E-state index in [4.69, 9.17) is 0 Å². The molecule has 0 aliphatic carbocycles. The summed E-state index contributed by atoms with van der Waals surface area (Å²) in [5.74, 6) is -6.02. The molecule has 0 saturated carbocycles. The summed E-state index contributed by atoms with van der Waals surface area (Å²) in [5, 5.41) is 2.25. The molecule has 28 heavy (non-hydrogen) atoms. The molecule has 0 radical (unpaired) electrons. The van der Waals surface area contributed by atoms with Crippen LogP contribution in [-0.4, -0.2) is 11.7 Å². The first kappa shape index (κ1) is 19.4. The topological polar surface area (TPSA) is 46.2 Å². The molecule has 142 valence electrons. The van der Waals surface area contributed by atoms with Crippen LogP contribution in [0.3, 0.4) is 0 Å². The standard InChI is InChI=1S/C22H16F3NO2/c1-13(22(28)26-18-11-10-17(23)19(24)20(18)25)15-8-5-9-16(12-15)21(27)14-6-3-2-4-7-14/h2-13H,1H3,(H,26,28)/t13-/m1/s1. The van der Waals surface area contributed by atoms with Gasteiger partial charge < -0.3 is 5.32 Å². The van der Waals surface area contributed by atoms with Gasteiger partial charge in [-0.25, -0.2) is 13.2 Å². The first-order valence-electron chi connectivity index (χ1n) is 8.52. The van der Waals surface area contributed by atoms with E-state index < -0.39 is 35.0 Å². The number of hydrogen-bond acceptors (Lipinski definition) is 2. The van der Waals surface area contributed by atoms with Crippen molar-refractivity contribution >= 4 is 17.4 Å². The maximum atomic E-state index is 13.8. The number of halogens is 3. The molecule has 3 rings (SSSR count). The van der Waals surface area contributed by atoms with Crippen LogP contribution in [0.25, 0.3) is 0 Å². The number of anilines is 1. The van der Waals surface area contributed by atoms with Crippen molar-refractivity contribution in [2.45, 2.75) is 12.8 Å². The number of carbonyl (C=O) groups excluding carboxylic acids is 2. The fourth-order valence-corrected chi connectivity index (χ4v) is 2.72. The van der Waals surface area contributed by atoms with Gasteiger partial charge in [-0.05, 0) is 30.7 Å². The fourth-order valence-electron chi connectivity index (χ4n) is 2.72. The molecule has 0 aliphatic heterocycles. The molecule has 0 aliphatic rings. The molecule has 0 spiro atoms. The summed E-state index contributed by atoms with van der Waals surface area (Å²) in [6.45, 7) is 1.57. The van der Waals surface area contributed by atoms with Crippen molar-refractivity contribution in [1.29, 1.82) is 0 Å². The minimum Gasteiger partial charge on any atom is -0.323 e. The van der Waals surface area contributed by atoms with Gasteiger partial charge in [0.1, 0.15) is 0 Å². The summed E-state index contributed by atoms with van der Waals surface area (Å²) in [6, 6.07) is 16.9. The predicted octanol–water partition coefficient (Wildman–Crippen LogP) is 5.08. The Kier molecular flexibility index (Phi) is 5.59. The molecular formula is C22H16F3NO2. The van der Waals surface area contributed by atoms with Gasteiger partial charge in [0.15, 0.2) is 23.2 Å². The molecule has 3 aromatic rings. The SMILES string of the molecule is C[C@@H](C(=O)Nc1ccc(F)c(F)c1F)c1cccc(C(=O)c2ccccc2)c1. The van der Waals surface area contributed by atoms with E-state index in [0.29, 0.717) is 16.7 Å². The average Bonchev–Trinajstić information content (AvgIpc) is 2.73. The largest absolute Gasteiger partial charge is 0.323 e. The van der Waals surface area contributed by atoms with Crippen LogP contribution < -0.4 is 5.32 Å². The van der Waals surface area contributed by atoms with E-state index in [1.165, 1.54) is 0 Å². The summed E-state index contributed by atoms with van der Waals surface area (Å²) in [4.78, 5) is 25.0. The Balaban J connectivity index is 1.81. The van der Waals surface area contributed by atoms with Crippen molar-refractivity contribution in [1.82, 2.24) is 0 Å². The summed E-state index contributed by atoms with van der Waals surface area (Å²) in [6.07, 6.45) is 0. The lowest BCUT2D eigenvalue weighted by molar-refractivity contribution is -0.117. The molecular weight excluding hydrogens is 367 g/mol. The van der Waals surface area contributed by atoms with Gasteiger partial charge in [0.05, 0.1) is 11.6 Å². The summed E-state index contributed by atoms with van der Waals surface area (Å²) in [7, 11) is 0. The Morgan fingerprint density at radius 2 is 1.50 bits per heavy atom. The first-order valence-corrected chi connectivity index (χ1v) is 8.52. The third-order valence-corrected chi connectivity index (χ3v) is 4.37. The molecule has 1 N–H and O–H groups in total. The summed E-state index contributed by atoms with van der Waals surface area (Å²) < 4.78 is 40.1. The monoisotopic (exact) mass is 383 g/mol. The van der Waals surface area contributed by atoms with Crippen LogP contribution in [0.2, 0.25) is 0 Å². The van der Waals surface area contributed by atoms with Crippen LogP contribution >= 0.6 is 0 Å². The number of rotatable bonds is 5. The van der Waals surface area contributed by atoms with E-state index in [9.17, 15) is 22.8 Å². The molecule has 0 fully saturated rings. The Bertz CT molecular complexity index is 1040. The number of nitrogens with one attached hydrogen (secondary N) is 1. The van der Waals surface area contributed by atoms with Gasteiger partial charge in [0, 0.05) is 11.1 Å². The zero-order valence-corrected chi connectivity index (χ0v) is 14.9. The molecule has 0 aromatic heterocycles. The minimum absolute atomic E-state index is 0.193. The number of ketones is 1. The number of benzene rings is 3. The quantitative estimate of drug-likeness (QED) is 0.494. The van der Waals surface area contributed by atoms with Gasteiger partial charge >= 0.3 is 0 Å². The molecule has 1 atom stereocenters. The van der Waals surface area contributed by atoms with Crippen LogP contribution in [0.4, 0.5) is 18.9 Å². The number of carbonyl (C=O) groups is 2. The van der Waals surface area contributed by atoms with Crippen molar-refractivity contribution in [2.24, 2.45) is 0 Å². The van der Waals surface area contributed by atoms with E-state index in [0.717, 1.165) is 12.1 Å². The molecule has 0 unspecified atom stereocenters. The Morgan fingerprint density at radius 1 is 0.821 bits per heavy atom. The Labute approximate surface area is 159 Å². The summed E-state index contributed by atoms with van der Waals surface area (Å²) >= 11 is 0. The van der Waals surface area contributed by atoms with Crippen LogP contribution in [0, 0.1) is 17.5 Å². The van der Waals surface area contributed by atoms with Crippen molar-refractivity contribution in [2.75, 3.05) is 5.32 Å². The van der Waals surface area contributed by atoms with Gasteiger partial charge in [-0.3, -0.25) is 9.59 Å². The minimum atomic E-state index is -1.65. The van der Waals surface area contributed by atoms with E-state index in [-0.39, 0.29) is 5.78 Å². The molecule has 0 bridgehead atoms. The van der Waals surface area contributed by atoms with Crippen LogP contribution in [0.1, 0.15) is 34.3 Å². The number of amides is 1. The van der Waals surface area contributed by atoms with E-state index in [1.807, 2.05) is 0 Å². The van der Waals surface area contributed by atoms with Crippen molar-refractivity contribution in [3.05, 3.63) is 101 Å². The van der Waals surface area contributed by atoms with Crippen molar-refractivity contribution in [3.8, 4) is 0 Å². The molecule has 0 heterocycles. The third kappa shape index (κ3) is 3.96. The molecule has 1 amide bonds. The highest BCUT2D eigenvalue weighted by Gasteiger charge is 2.20. The summed E-state index contributed by atoms with van der Waals surface area (Å²) in [5.41, 5.74) is 0.998. The smallest absolute Gasteiger partial charge is 0.231 e. The van der Waals surface area contributed by atoms with Gasteiger partial charge in [-0.15, -0.1) is 0 Å². The second-order valence-electron chi connectivity index (χ2n) is 6.25. The van der Waals surface area contributed by atoms with Crippen LogP contribution in [-0.2, 0) is 4.79 Å². The lowest BCUT2D eigenvalue weighted by Gasteiger charge is -2.14. The number of hydrogen-bond donors (Lipinski definition) is 1. The van der Waals surface area contributed by atoms with E-state index >= 15 is 0 Å². The zero-order chi connectivity index (χ0) is 20.3. The zero-order valence-electron chi connectivity index (χ0n) is 14.9. The highest BCUT2D eigenvalue weighted by molar-refractivity contribution is 6.09. The second kappa shape index (κ2) is 8.08. The third-order valence-electron chi connectivity index (χ3n) is 4.37. The Hall–Kier alpha value is -3.41. The van der Waals surface area contributed by atoms with Gasteiger partial charge in [-0.1, -0.05) is 48.5 Å². The second-order valence-corrected chi connectivity index (χ2v) is 6.25. The van der Waals surface area contributed by atoms with Gasteiger partial charge in [-0.2, -0.15) is 0 Å². The Morgan fingerprint density at radius 3 is 2.21 bits per heavy atom. The van der Waals surface area contributed by atoms with Crippen LogP contribution in [0.5, 0.6) is 0 Å². The fraction of sp³-hybridized carbons (Fsp3) is 0.0909. The molecule has 3 nitrogen and oxygen atoms in total. The lowest BCUT2D eigenvalue weighted by atomic mass is 9.95. The molecule has 6 heteroatoms. The molecule has 3 aromatic carbocycles. The van der Waals surface area contributed by atoms with Crippen molar-refractivity contribution in [3.63, 3.8) is 0 Å². The van der Waals surface area contributed by atoms with Crippen molar-refractivity contribution < 1.29 is 22.8 Å². The maximum Gasteiger partial charge on any atom is 0.231 e. The lowest BCUT2D eigenvalue weighted by Crippen LogP contribution is -2.20. The van der Waals surface area contributed by atoms with Gasteiger partial charge in [0.2, 0.25) is 5.91 Å². The molecule has 0 saturated heterocycles. The maximum absolute atomic E-state index is 13.8. The van der Waals surface area contributed by atoms with Gasteiger partial charge in [0.25, 0.3) is 0 Å². The van der Waals surface area contributed by atoms with Crippen LogP contribution in [0.15, 0.2) is 66.7 Å². The normalized spacial score (nSPS) is 11.7. The van der Waals surface area contributed by atoms with E-state index in [1.54, 1.807) is 61.5 Å². The van der Waals surface area contributed by atoms with E-state index in [2.05, 4.69) is 5.32 Å². The predicted molar refractivity (Wildman–Crippen MR) is 99.7 cm³/mol. The average molecular weight is 383 g/mol.